The third-order valence-corrected chi connectivity index (χ3v) is 3.87. The number of hydrogen-bond acceptors (Lipinski definition) is 4. The van der Waals surface area contributed by atoms with E-state index in [-0.39, 0.29) is 11.4 Å². The average molecular weight is 416 g/mol. The Hall–Kier alpha value is -1.44. The molecule has 0 saturated carbocycles. The van der Waals surface area contributed by atoms with Gasteiger partial charge in [-0.25, -0.2) is 0 Å². The van der Waals surface area contributed by atoms with E-state index in [1.807, 2.05) is 19.2 Å². The van der Waals surface area contributed by atoms with E-state index in [9.17, 15) is 10.1 Å². The van der Waals surface area contributed by atoms with Crippen molar-refractivity contribution in [2.24, 2.45) is 0 Å². The summed E-state index contributed by atoms with van der Waals surface area (Å²) in [7, 11) is 1.83. The van der Waals surface area contributed by atoms with Gasteiger partial charge in [0.2, 0.25) is 5.75 Å². The van der Waals surface area contributed by atoms with E-state index in [0.29, 0.717) is 16.8 Å². The maximum atomic E-state index is 11.1. The maximum Gasteiger partial charge on any atom is 0.312 e. The Kier molecular flexibility index (Phi) is 5.33. The smallest absolute Gasteiger partial charge is 0.312 e. The van der Waals surface area contributed by atoms with Crippen molar-refractivity contribution < 1.29 is 9.66 Å². The van der Waals surface area contributed by atoms with Crippen molar-refractivity contribution in [3.8, 4) is 11.5 Å². The molecule has 0 unspecified atom stereocenters. The monoisotopic (exact) mass is 414 g/mol. The van der Waals surface area contributed by atoms with Crippen molar-refractivity contribution >= 4 is 37.5 Å². The number of hydrogen-bond donors (Lipinski definition) is 1. The van der Waals surface area contributed by atoms with Gasteiger partial charge in [0, 0.05) is 22.6 Å². The summed E-state index contributed by atoms with van der Waals surface area (Å²) < 4.78 is 7.18. The molecule has 0 atom stereocenters. The molecule has 0 aliphatic rings. The fourth-order valence-corrected chi connectivity index (χ4v) is 2.59. The second kappa shape index (κ2) is 7.02. The standard InChI is InChI=1S/C14H12Br2N2O3/c1-17-8-9-5-6-10(15)7-13(9)21-14-11(16)3-2-4-12(14)18(19)20/h2-7,17H,8H2,1H3. The minimum Gasteiger partial charge on any atom is -0.449 e. The van der Waals surface area contributed by atoms with Crippen molar-refractivity contribution in [2.75, 3.05) is 7.05 Å². The molecule has 2 rings (SSSR count). The first kappa shape index (κ1) is 15.9. The average Bonchev–Trinajstić information content (AvgIpc) is 2.44. The van der Waals surface area contributed by atoms with Gasteiger partial charge >= 0.3 is 5.69 Å². The molecule has 1 N–H and O–H groups in total. The highest BCUT2D eigenvalue weighted by Gasteiger charge is 2.19. The first-order valence-electron chi connectivity index (χ1n) is 6.06. The SMILES string of the molecule is CNCc1ccc(Br)cc1Oc1c(Br)cccc1[N+](=O)[O-]. The van der Waals surface area contributed by atoms with Crippen LogP contribution in [0.5, 0.6) is 11.5 Å². The van der Waals surface area contributed by atoms with Crippen LogP contribution in [0.2, 0.25) is 0 Å². The Balaban J connectivity index is 2.47. The number of nitrogens with zero attached hydrogens (tertiary/aromatic N) is 1. The number of halogens is 2. The molecule has 7 heteroatoms. The predicted octanol–water partition coefficient (Wildman–Crippen LogP) is 4.63. The first-order chi connectivity index (χ1) is 10.0. The van der Waals surface area contributed by atoms with Gasteiger partial charge in [0.1, 0.15) is 5.75 Å². The van der Waals surface area contributed by atoms with Crippen LogP contribution < -0.4 is 10.1 Å². The summed E-state index contributed by atoms with van der Waals surface area (Å²) in [5.74, 6) is 0.756. The van der Waals surface area contributed by atoms with Gasteiger partial charge in [-0.2, -0.15) is 0 Å². The third kappa shape index (κ3) is 3.81. The van der Waals surface area contributed by atoms with E-state index >= 15 is 0 Å². The highest BCUT2D eigenvalue weighted by molar-refractivity contribution is 9.10. The molecular formula is C14H12Br2N2O3. The van der Waals surface area contributed by atoms with Crippen LogP contribution in [0, 0.1) is 10.1 Å². The maximum absolute atomic E-state index is 11.1. The number of nitro benzene ring substituents is 1. The molecule has 21 heavy (non-hydrogen) atoms. The quantitative estimate of drug-likeness (QED) is 0.571. The Morgan fingerprint density at radius 1 is 1.29 bits per heavy atom. The van der Waals surface area contributed by atoms with Gasteiger partial charge in [-0.3, -0.25) is 10.1 Å². The van der Waals surface area contributed by atoms with Gasteiger partial charge in [-0.05, 0) is 41.2 Å². The molecule has 0 saturated heterocycles. The second-order valence-corrected chi connectivity index (χ2v) is 6.00. The van der Waals surface area contributed by atoms with E-state index in [0.717, 1.165) is 10.0 Å². The van der Waals surface area contributed by atoms with Gasteiger partial charge in [0.05, 0.1) is 9.40 Å². The van der Waals surface area contributed by atoms with Crippen molar-refractivity contribution in [1.82, 2.24) is 5.32 Å². The van der Waals surface area contributed by atoms with Crippen LogP contribution in [-0.2, 0) is 6.54 Å². The highest BCUT2D eigenvalue weighted by Crippen LogP contribution is 2.39. The number of nitrogens with one attached hydrogen (secondary N) is 1. The number of ether oxygens (including phenoxy) is 1. The van der Waals surface area contributed by atoms with Crippen molar-refractivity contribution in [3.05, 3.63) is 61.0 Å². The fraction of sp³-hybridized carbons (Fsp3) is 0.143. The Bertz CT molecular complexity index is 677. The summed E-state index contributed by atoms with van der Waals surface area (Å²) in [5, 5.41) is 14.2. The van der Waals surface area contributed by atoms with E-state index in [2.05, 4.69) is 37.2 Å². The zero-order chi connectivity index (χ0) is 15.4. The second-order valence-electron chi connectivity index (χ2n) is 4.23. The summed E-state index contributed by atoms with van der Waals surface area (Å²) in [5.41, 5.74) is 0.825. The van der Waals surface area contributed by atoms with Crippen LogP contribution in [0.15, 0.2) is 45.3 Å². The molecule has 5 nitrogen and oxygen atoms in total. The van der Waals surface area contributed by atoms with E-state index < -0.39 is 4.92 Å². The van der Waals surface area contributed by atoms with Gasteiger partial charge in [0.15, 0.2) is 0 Å². The molecule has 0 bridgehead atoms. The van der Waals surface area contributed by atoms with Gasteiger partial charge < -0.3 is 10.1 Å². The molecule has 2 aromatic carbocycles. The third-order valence-electron chi connectivity index (χ3n) is 2.75. The lowest BCUT2D eigenvalue weighted by atomic mass is 10.2. The first-order valence-corrected chi connectivity index (χ1v) is 7.65. The number of benzene rings is 2. The fourth-order valence-electron chi connectivity index (χ4n) is 1.81. The van der Waals surface area contributed by atoms with Gasteiger partial charge in [0.25, 0.3) is 0 Å². The predicted molar refractivity (Wildman–Crippen MR) is 87.8 cm³/mol. The Morgan fingerprint density at radius 3 is 2.71 bits per heavy atom. The molecule has 0 amide bonds. The highest BCUT2D eigenvalue weighted by atomic mass is 79.9. The zero-order valence-corrected chi connectivity index (χ0v) is 14.3. The molecule has 0 heterocycles. The van der Waals surface area contributed by atoms with Crippen LogP contribution in [0.1, 0.15) is 5.56 Å². The summed E-state index contributed by atoms with van der Waals surface area (Å²) in [6.07, 6.45) is 0. The molecule has 110 valence electrons. The summed E-state index contributed by atoms with van der Waals surface area (Å²) in [6, 6.07) is 10.3. The van der Waals surface area contributed by atoms with Crippen LogP contribution in [0.4, 0.5) is 5.69 Å². The van der Waals surface area contributed by atoms with Gasteiger partial charge in [-0.15, -0.1) is 0 Å². The number of nitro groups is 1. The normalized spacial score (nSPS) is 10.4. The summed E-state index contributed by atoms with van der Waals surface area (Å²) in [6.45, 7) is 0.598. The Labute approximate surface area is 138 Å². The molecular weight excluding hydrogens is 404 g/mol. The minimum absolute atomic E-state index is 0.0836. The zero-order valence-electron chi connectivity index (χ0n) is 11.1. The van der Waals surface area contributed by atoms with Crippen LogP contribution in [0.25, 0.3) is 0 Å². The molecule has 0 radical (unpaired) electrons. The minimum atomic E-state index is -0.462. The molecule has 0 aliphatic carbocycles. The molecule has 0 aliphatic heterocycles. The number of rotatable bonds is 5. The van der Waals surface area contributed by atoms with Crippen LogP contribution in [0.3, 0.4) is 0 Å². The van der Waals surface area contributed by atoms with E-state index in [1.165, 1.54) is 6.07 Å². The Morgan fingerprint density at radius 2 is 2.05 bits per heavy atom. The van der Waals surface area contributed by atoms with Crippen molar-refractivity contribution in [1.29, 1.82) is 0 Å². The summed E-state index contributed by atoms with van der Waals surface area (Å²) in [4.78, 5) is 10.7. The van der Waals surface area contributed by atoms with E-state index in [1.54, 1.807) is 18.2 Å². The van der Waals surface area contributed by atoms with Gasteiger partial charge in [-0.1, -0.05) is 28.1 Å². The molecule has 0 fully saturated rings. The molecule has 2 aromatic rings. The largest absolute Gasteiger partial charge is 0.449 e. The van der Waals surface area contributed by atoms with E-state index in [4.69, 9.17) is 4.74 Å². The van der Waals surface area contributed by atoms with Crippen LogP contribution >= 0.6 is 31.9 Å². The number of para-hydroxylation sites is 1. The molecule has 0 spiro atoms. The van der Waals surface area contributed by atoms with Crippen LogP contribution in [-0.4, -0.2) is 12.0 Å². The summed E-state index contributed by atoms with van der Waals surface area (Å²) >= 11 is 6.68. The van der Waals surface area contributed by atoms with Crippen molar-refractivity contribution in [3.63, 3.8) is 0 Å². The topological polar surface area (TPSA) is 64.4 Å². The lowest BCUT2D eigenvalue weighted by Gasteiger charge is -2.12. The lowest BCUT2D eigenvalue weighted by Crippen LogP contribution is -2.06. The van der Waals surface area contributed by atoms with Crippen molar-refractivity contribution in [2.45, 2.75) is 6.54 Å². The molecule has 0 aromatic heterocycles. The lowest BCUT2D eigenvalue weighted by molar-refractivity contribution is -0.385.